The highest BCUT2D eigenvalue weighted by Crippen LogP contribution is 2.47. The predicted molar refractivity (Wildman–Crippen MR) is 105 cm³/mol. The van der Waals surface area contributed by atoms with Crippen molar-refractivity contribution in [3.8, 4) is 11.5 Å². The van der Waals surface area contributed by atoms with Crippen molar-refractivity contribution in [2.24, 2.45) is 0 Å². The fourth-order valence-electron chi connectivity index (χ4n) is 2.76. The van der Waals surface area contributed by atoms with Crippen molar-refractivity contribution in [2.45, 2.75) is 11.7 Å². The Morgan fingerprint density at radius 2 is 1.71 bits per heavy atom. The smallest absolute Gasteiger partial charge is 0.330 e. The van der Waals surface area contributed by atoms with Crippen LogP contribution in [0.3, 0.4) is 0 Å². The van der Waals surface area contributed by atoms with Crippen LogP contribution in [0.15, 0.2) is 17.4 Å². The number of sulfone groups is 1. The molecule has 0 unspecified atom stereocenters. The third-order valence-electron chi connectivity index (χ3n) is 4.14. The summed E-state index contributed by atoms with van der Waals surface area (Å²) in [5, 5.41) is -0.0992. The van der Waals surface area contributed by atoms with E-state index in [9.17, 15) is 13.2 Å². The Labute approximate surface area is 171 Å². The second-order valence-electron chi connectivity index (χ2n) is 5.96. The number of carbonyl (C=O) groups is 1. The number of hydrogen-bond donors (Lipinski definition) is 0. The molecule has 3 rings (SSSR count). The number of fused-ring (bicyclic) bond motifs is 1. The minimum Gasteiger partial charge on any atom is -0.495 e. The molecule has 0 bridgehead atoms. The van der Waals surface area contributed by atoms with Crippen LogP contribution in [-0.2, 0) is 16.4 Å². The molecular weight excluding hydrogens is 431 g/mol. The van der Waals surface area contributed by atoms with E-state index in [0.717, 1.165) is 6.26 Å². The van der Waals surface area contributed by atoms with Crippen molar-refractivity contribution in [3.63, 3.8) is 0 Å². The van der Waals surface area contributed by atoms with Crippen molar-refractivity contribution in [2.75, 3.05) is 37.3 Å². The van der Waals surface area contributed by atoms with Gasteiger partial charge in [0.05, 0.1) is 26.5 Å². The minimum absolute atomic E-state index is 0.0261. The van der Waals surface area contributed by atoms with E-state index in [1.165, 1.54) is 43.3 Å². The van der Waals surface area contributed by atoms with Crippen LogP contribution in [0.4, 0.5) is 16.3 Å². The lowest BCUT2D eigenvalue weighted by molar-refractivity contribution is 0.251. The molecule has 2 heterocycles. The lowest BCUT2D eigenvalue weighted by Gasteiger charge is -2.35. The Morgan fingerprint density at radius 1 is 1.14 bits per heavy atom. The number of rotatable bonds is 4. The molecule has 1 aliphatic heterocycles. The fourth-order valence-corrected chi connectivity index (χ4v) is 3.96. The fraction of sp³-hybridized carbons (Fsp3) is 0.312. The summed E-state index contributed by atoms with van der Waals surface area (Å²) in [7, 11) is 0.698. The molecule has 2 amide bonds. The van der Waals surface area contributed by atoms with Gasteiger partial charge in [0.15, 0.2) is 0 Å². The van der Waals surface area contributed by atoms with Crippen LogP contribution in [0.5, 0.6) is 11.5 Å². The van der Waals surface area contributed by atoms with Gasteiger partial charge in [0.2, 0.25) is 15.0 Å². The van der Waals surface area contributed by atoms with E-state index in [1.54, 1.807) is 0 Å². The van der Waals surface area contributed by atoms with Crippen LogP contribution in [-0.4, -0.2) is 51.9 Å². The summed E-state index contributed by atoms with van der Waals surface area (Å²) < 4.78 is 33.9. The molecule has 0 atom stereocenters. The first kappa shape index (κ1) is 20.4. The molecule has 0 saturated heterocycles. The van der Waals surface area contributed by atoms with Crippen LogP contribution < -0.4 is 19.3 Å². The summed E-state index contributed by atoms with van der Waals surface area (Å²) >= 11 is 12.8. The molecule has 2 aromatic rings. The Kier molecular flexibility index (Phi) is 5.30. The van der Waals surface area contributed by atoms with Crippen LogP contribution in [0, 0.1) is 0 Å². The Balaban J connectivity index is 2.16. The van der Waals surface area contributed by atoms with Crippen LogP contribution in [0.1, 0.15) is 5.56 Å². The highest BCUT2D eigenvalue weighted by atomic mass is 35.5. The number of halogens is 2. The van der Waals surface area contributed by atoms with Gasteiger partial charge in [0, 0.05) is 31.1 Å². The quantitative estimate of drug-likeness (QED) is 0.665. The van der Waals surface area contributed by atoms with Crippen LogP contribution in [0.25, 0.3) is 0 Å². The Hall–Kier alpha value is -2.30. The van der Waals surface area contributed by atoms with E-state index >= 15 is 0 Å². The molecule has 1 aliphatic rings. The maximum atomic E-state index is 13.0. The number of amides is 2. The zero-order valence-corrected chi connectivity index (χ0v) is 17.7. The monoisotopic (exact) mass is 446 g/mol. The maximum Gasteiger partial charge on any atom is 0.330 e. The topological polar surface area (TPSA) is 102 Å². The minimum atomic E-state index is -3.62. The summed E-state index contributed by atoms with van der Waals surface area (Å²) in [6.07, 6.45) is 2.35. The molecule has 0 aliphatic carbocycles. The molecular formula is C16H16Cl2N4O5S. The van der Waals surface area contributed by atoms with E-state index in [0.29, 0.717) is 5.56 Å². The average molecular weight is 447 g/mol. The summed E-state index contributed by atoms with van der Waals surface area (Å²) in [5.74, 6) is 0.754. The summed E-state index contributed by atoms with van der Waals surface area (Å²) in [4.78, 5) is 23.4. The van der Waals surface area contributed by atoms with Gasteiger partial charge < -0.3 is 9.47 Å². The van der Waals surface area contributed by atoms with Crippen molar-refractivity contribution < 1.29 is 22.7 Å². The lowest BCUT2D eigenvalue weighted by atomic mass is 10.2. The number of ether oxygens (including phenoxy) is 2. The van der Waals surface area contributed by atoms with E-state index in [4.69, 9.17) is 32.7 Å². The molecule has 12 heteroatoms. The highest BCUT2D eigenvalue weighted by Gasteiger charge is 2.35. The van der Waals surface area contributed by atoms with Crippen LogP contribution in [0.2, 0.25) is 10.0 Å². The number of carbonyl (C=O) groups excluding carboxylic acids is 1. The number of anilines is 2. The third-order valence-corrected chi connectivity index (χ3v) is 5.73. The molecule has 0 fully saturated rings. The first-order valence-electron chi connectivity index (χ1n) is 7.81. The second kappa shape index (κ2) is 7.26. The van der Waals surface area contributed by atoms with Gasteiger partial charge in [-0.1, -0.05) is 23.2 Å². The number of aromatic nitrogens is 2. The lowest BCUT2D eigenvalue weighted by Crippen LogP contribution is -2.46. The van der Waals surface area contributed by atoms with Gasteiger partial charge in [0.1, 0.15) is 27.4 Å². The number of urea groups is 1. The van der Waals surface area contributed by atoms with E-state index in [2.05, 4.69) is 9.97 Å². The summed E-state index contributed by atoms with van der Waals surface area (Å²) in [5.41, 5.74) is 0.720. The van der Waals surface area contributed by atoms with E-state index in [1.807, 2.05) is 0 Å². The van der Waals surface area contributed by atoms with Gasteiger partial charge in [-0.2, -0.15) is 0 Å². The zero-order valence-electron chi connectivity index (χ0n) is 15.4. The molecule has 0 N–H and O–H groups in total. The van der Waals surface area contributed by atoms with Gasteiger partial charge in [-0.3, -0.25) is 9.80 Å². The van der Waals surface area contributed by atoms with Crippen molar-refractivity contribution in [1.29, 1.82) is 0 Å². The highest BCUT2D eigenvalue weighted by molar-refractivity contribution is 7.90. The first-order chi connectivity index (χ1) is 13.1. The number of benzene rings is 1. The molecule has 150 valence electrons. The largest absolute Gasteiger partial charge is 0.495 e. The Morgan fingerprint density at radius 3 is 2.21 bits per heavy atom. The molecule has 28 heavy (non-hydrogen) atoms. The molecule has 0 radical (unpaired) electrons. The number of hydrogen-bond acceptors (Lipinski definition) is 7. The van der Waals surface area contributed by atoms with E-state index in [-0.39, 0.29) is 44.8 Å². The molecule has 9 nitrogen and oxygen atoms in total. The first-order valence-corrected chi connectivity index (χ1v) is 10.5. The number of methoxy groups -OCH3 is 2. The molecule has 1 aromatic heterocycles. The van der Waals surface area contributed by atoms with Crippen molar-refractivity contribution in [3.05, 3.63) is 27.9 Å². The summed E-state index contributed by atoms with van der Waals surface area (Å²) in [6.45, 7) is 0.0261. The van der Waals surface area contributed by atoms with Crippen LogP contribution >= 0.6 is 23.2 Å². The third kappa shape index (κ3) is 3.31. The summed E-state index contributed by atoms with van der Waals surface area (Å²) in [6, 6.07) is 1.01. The standard InChI is InChI=1S/C16H16Cl2N4O5S/c1-21-14-8(6-19-15(20-14)28(4,24)25)7-22(16(21)23)13-11(17)9(26-2)5-10(27-3)12(13)18/h5-6H,7H2,1-4H3. The second-order valence-corrected chi connectivity index (χ2v) is 8.62. The Bertz CT molecular complexity index is 1050. The van der Waals surface area contributed by atoms with Crippen molar-refractivity contribution in [1.82, 2.24) is 9.97 Å². The molecule has 1 aromatic carbocycles. The van der Waals surface area contributed by atoms with Gasteiger partial charge in [-0.05, 0) is 0 Å². The zero-order chi connectivity index (χ0) is 20.8. The van der Waals surface area contributed by atoms with Gasteiger partial charge in [-0.25, -0.2) is 23.2 Å². The van der Waals surface area contributed by atoms with Crippen molar-refractivity contribution >= 4 is 50.6 Å². The van der Waals surface area contributed by atoms with Gasteiger partial charge in [0.25, 0.3) is 0 Å². The van der Waals surface area contributed by atoms with E-state index < -0.39 is 15.9 Å². The molecule has 0 spiro atoms. The molecule has 0 saturated carbocycles. The normalized spacial score (nSPS) is 14.1. The number of nitrogens with zero attached hydrogens (tertiary/aromatic N) is 4. The van der Waals surface area contributed by atoms with Gasteiger partial charge in [-0.15, -0.1) is 0 Å². The average Bonchev–Trinajstić information content (AvgIpc) is 2.65. The van der Waals surface area contributed by atoms with Gasteiger partial charge >= 0.3 is 6.03 Å². The maximum absolute atomic E-state index is 13.0. The SMILES string of the molecule is COc1cc(OC)c(Cl)c(N2Cc3cnc(S(C)(=O)=O)nc3N(C)C2=O)c1Cl. The predicted octanol–water partition coefficient (Wildman–Crippen LogP) is 2.78.